The molecule has 1 fully saturated rings. The first-order valence-corrected chi connectivity index (χ1v) is 12.3. The lowest BCUT2D eigenvalue weighted by Gasteiger charge is -2.32. The number of methoxy groups -OCH3 is 1. The highest BCUT2D eigenvalue weighted by atomic mass is 32.2. The van der Waals surface area contributed by atoms with E-state index in [0.29, 0.717) is 13.1 Å². The Labute approximate surface area is 185 Å². The number of carbonyl (C=O) groups is 1. The molecule has 31 heavy (non-hydrogen) atoms. The summed E-state index contributed by atoms with van der Waals surface area (Å²) in [5.74, 6) is 0.840. The van der Waals surface area contributed by atoms with Gasteiger partial charge in [-0.3, -0.25) is 9.52 Å². The number of thiazole rings is 1. The van der Waals surface area contributed by atoms with Gasteiger partial charge in [0.15, 0.2) is 5.13 Å². The van der Waals surface area contributed by atoms with Gasteiger partial charge in [-0.05, 0) is 42.7 Å². The lowest BCUT2D eigenvalue weighted by Crippen LogP contribution is -2.39. The summed E-state index contributed by atoms with van der Waals surface area (Å²) in [6.45, 7) is 1.25. The molecule has 0 aliphatic carbocycles. The van der Waals surface area contributed by atoms with E-state index in [-0.39, 0.29) is 27.5 Å². The SMILES string of the molecule is COc1cccc(C2CCCN(C(=O)c3csc(NS(=O)(=O)c4ccccc4)n3)C2)c1. The second kappa shape index (κ2) is 9.07. The Bertz CT molecular complexity index is 1160. The number of ether oxygens (including phenoxy) is 1. The number of hydrogen-bond donors (Lipinski definition) is 1. The fourth-order valence-corrected chi connectivity index (χ4v) is 5.64. The first-order valence-electron chi connectivity index (χ1n) is 9.93. The molecule has 1 amide bonds. The molecule has 162 valence electrons. The molecule has 2 heterocycles. The maximum atomic E-state index is 13.0. The monoisotopic (exact) mass is 457 g/mol. The number of piperidine rings is 1. The van der Waals surface area contributed by atoms with Crippen molar-refractivity contribution in [2.45, 2.75) is 23.7 Å². The van der Waals surface area contributed by atoms with Gasteiger partial charge < -0.3 is 9.64 Å². The van der Waals surface area contributed by atoms with Gasteiger partial charge in [-0.25, -0.2) is 13.4 Å². The van der Waals surface area contributed by atoms with Crippen molar-refractivity contribution in [1.29, 1.82) is 0 Å². The van der Waals surface area contributed by atoms with Crippen LogP contribution in [0.5, 0.6) is 5.75 Å². The highest BCUT2D eigenvalue weighted by molar-refractivity contribution is 7.93. The fourth-order valence-electron chi connectivity index (χ4n) is 3.68. The topological polar surface area (TPSA) is 88.6 Å². The van der Waals surface area contributed by atoms with E-state index in [2.05, 4.69) is 15.8 Å². The summed E-state index contributed by atoms with van der Waals surface area (Å²) < 4.78 is 32.7. The molecular weight excluding hydrogens is 434 g/mol. The van der Waals surface area contributed by atoms with Gasteiger partial charge in [-0.2, -0.15) is 0 Å². The van der Waals surface area contributed by atoms with Crippen molar-refractivity contribution >= 4 is 32.4 Å². The average Bonchev–Trinajstić information content (AvgIpc) is 3.27. The molecular formula is C22H23N3O4S2. The van der Waals surface area contributed by atoms with Crippen LogP contribution in [0.2, 0.25) is 0 Å². The number of nitrogens with one attached hydrogen (secondary N) is 1. The average molecular weight is 458 g/mol. The Morgan fingerprint density at radius 1 is 1.19 bits per heavy atom. The summed E-state index contributed by atoms with van der Waals surface area (Å²) in [7, 11) is -2.10. The van der Waals surface area contributed by atoms with E-state index in [1.54, 1.807) is 35.6 Å². The lowest BCUT2D eigenvalue weighted by molar-refractivity contribution is 0.0702. The van der Waals surface area contributed by atoms with Crippen LogP contribution >= 0.6 is 11.3 Å². The Kier molecular flexibility index (Phi) is 6.24. The Morgan fingerprint density at radius 2 is 2.00 bits per heavy atom. The van der Waals surface area contributed by atoms with Crippen LogP contribution in [-0.2, 0) is 10.0 Å². The second-order valence-corrected chi connectivity index (χ2v) is 9.86. The third kappa shape index (κ3) is 4.88. The van der Waals surface area contributed by atoms with Crippen molar-refractivity contribution in [3.8, 4) is 5.75 Å². The van der Waals surface area contributed by atoms with Gasteiger partial charge >= 0.3 is 0 Å². The smallest absolute Gasteiger partial charge is 0.273 e. The van der Waals surface area contributed by atoms with E-state index in [9.17, 15) is 13.2 Å². The van der Waals surface area contributed by atoms with E-state index in [1.165, 1.54) is 12.1 Å². The van der Waals surface area contributed by atoms with E-state index >= 15 is 0 Å². The number of benzene rings is 2. The number of nitrogens with zero attached hydrogens (tertiary/aromatic N) is 2. The van der Waals surface area contributed by atoms with E-state index in [4.69, 9.17) is 4.74 Å². The molecule has 0 spiro atoms. The van der Waals surface area contributed by atoms with Gasteiger partial charge in [0.25, 0.3) is 15.9 Å². The number of amides is 1. The quantitative estimate of drug-likeness (QED) is 0.605. The summed E-state index contributed by atoms with van der Waals surface area (Å²) in [6, 6.07) is 16.0. The predicted octanol–water partition coefficient (Wildman–Crippen LogP) is 3.97. The molecule has 0 bridgehead atoms. The largest absolute Gasteiger partial charge is 0.497 e. The van der Waals surface area contributed by atoms with Crippen LogP contribution in [0.3, 0.4) is 0 Å². The summed E-state index contributed by atoms with van der Waals surface area (Å²) in [5.41, 5.74) is 1.40. The molecule has 1 unspecified atom stereocenters. The van der Waals surface area contributed by atoms with Crippen LogP contribution in [0, 0.1) is 0 Å². The Morgan fingerprint density at radius 3 is 2.77 bits per heavy atom. The highest BCUT2D eigenvalue weighted by Crippen LogP contribution is 2.30. The van der Waals surface area contributed by atoms with Crippen LogP contribution in [0.1, 0.15) is 34.8 Å². The molecule has 1 N–H and O–H groups in total. The molecule has 1 aliphatic rings. The summed E-state index contributed by atoms with van der Waals surface area (Å²) in [6.07, 6.45) is 1.89. The molecule has 3 aromatic rings. The number of aromatic nitrogens is 1. The van der Waals surface area contributed by atoms with E-state index < -0.39 is 10.0 Å². The third-order valence-corrected chi connectivity index (χ3v) is 7.51. The predicted molar refractivity (Wildman–Crippen MR) is 120 cm³/mol. The zero-order chi connectivity index (χ0) is 21.8. The minimum atomic E-state index is -3.74. The summed E-state index contributed by atoms with van der Waals surface area (Å²) in [5, 5.41) is 1.77. The summed E-state index contributed by atoms with van der Waals surface area (Å²) >= 11 is 1.10. The Balaban J connectivity index is 1.45. The van der Waals surface area contributed by atoms with Crippen molar-refractivity contribution in [2.75, 3.05) is 24.9 Å². The van der Waals surface area contributed by atoms with Crippen molar-refractivity contribution in [3.05, 3.63) is 71.2 Å². The molecule has 1 atom stereocenters. The van der Waals surface area contributed by atoms with Gasteiger partial charge in [-0.1, -0.05) is 30.3 Å². The normalized spacial score (nSPS) is 16.7. The molecule has 1 aliphatic heterocycles. The molecule has 7 nitrogen and oxygen atoms in total. The zero-order valence-electron chi connectivity index (χ0n) is 17.0. The molecule has 9 heteroatoms. The van der Waals surface area contributed by atoms with Crippen molar-refractivity contribution in [3.63, 3.8) is 0 Å². The number of carbonyl (C=O) groups excluding carboxylic acids is 1. The van der Waals surface area contributed by atoms with Crippen LogP contribution in [0.15, 0.2) is 64.9 Å². The van der Waals surface area contributed by atoms with Gasteiger partial charge in [0.2, 0.25) is 0 Å². The fraction of sp³-hybridized carbons (Fsp3) is 0.273. The Hall–Kier alpha value is -2.91. The second-order valence-electron chi connectivity index (χ2n) is 7.32. The first-order chi connectivity index (χ1) is 15.0. The number of rotatable bonds is 6. The molecule has 4 rings (SSSR count). The van der Waals surface area contributed by atoms with E-state index in [1.807, 2.05) is 18.2 Å². The number of hydrogen-bond acceptors (Lipinski definition) is 6. The molecule has 0 saturated carbocycles. The molecule has 1 aromatic heterocycles. The number of anilines is 1. The number of sulfonamides is 1. The van der Waals surface area contributed by atoms with Crippen molar-refractivity contribution in [2.24, 2.45) is 0 Å². The first kappa shape index (κ1) is 21.3. The van der Waals surface area contributed by atoms with Gasteiger partial charge in [0.05, 0.1) is 12.0 Å². The minimum absolute atomic E-state index is 0.148. The van der Waals surface area contributed by atoms with Gasteiger partial charge in [0, 0.05) is 24.4 Å². The highest BCUT2D eigenvalue weighted by Gasteiger charge is 2.27. The van der Waals surface area contributed by atoms with Crippen molar-refractivity contribution < 1.29 is 17.9 Å². The van der Waals surface area contributed by atoms with Gasteiger partial charge in [-0.15, -0.1) is 11.3 Å². The molecule has 1 saturated heterocycles. The number of likely N-dealkylation sites (tertiary alicyclic amines) is 1. The zero-order valence-corrected chi connectivity index (χ0v) is 18.7. The molecule has 2 aromatic carbocycles. The lowest BCUT2D eigenvalue weighted by atomic mass is 9.90. The summed E-state index contributed by atoms with van der Waals surface area (Å²) in [4.78, 5) is 19.2. The third-order valence-electron chi connectivity index (χ3n) is 5.27. The van der Waals surface area contributed by atoms with Crippen molar-refractivity contribution in [1.82, 2.24) is 9.88 Å². The maximum absolute atomic E-state index is 13.0. The van der Waals surface area contributed by atoms with E-state index in [0.717, 1.165) is 35.5 Å². The van der Waals surface area contributed by atoms with Gasteiger partial charge in [0.1, 0.15) is 11.4 Å². The van der Waals surface area contributed by atoms with Crippen LogP contribution in [0.25, 0.3) is 0 Å². The van der Waals surface area contributed by atoms with Crippen LogP contribution < -0.4 is 9.46 Å². The minimum Gasteiger partial charge on any atom is -0.497 e. The van der Waals surface area contributed by atoms with Crippen LogP contribution in [0.4, 0.5) is 5.13 Å². The maximum Gasteiger partial charge on any atom is 0.273 e. The molecule has 0 radical (unpaired) electrons. The van der Waals surface area contributed by atoms with Crippen LogP contribution in [-0.4, -0.2) is 44.4 Å². The standard InChI is InChI=1S/C22H23N3O4S2/c1-29-18-9-5-7-16(13-18)17-8-6-12-25(14-17)21(26)20-15-30-22(23-20)24-31(27,28)19-10-3-2-4-11-19/h2-5,7,9-11,13,15,17H,6,8,12,14H2,1H3,(H,23,24).